The lowest BCUT2D eigenvalue weighted by atomic mass is 10.3. The minimum absolute atomic E-state index is 0.784. The molecule has 0 aliphatic heterocycles. The second-order valence-corrected chi connectivity index (χ2v) is 2.27. The van der Waals surface area contributed by atoms with Crippen LogP contribution in [0, 0.1) is 0 Å². The van der Waals surface area contributed by atoms with Crippen LogP contribution in [0.4, 0.5) is 0 Å². The number of rotatable bonds is 2. The van der Waals surface area contributed by atoms with Gasteiger partial charge in [-0.15, -0.1) is 0 Å². The number of oxazole rings is 1. The zero-order valence-corrected chi connectivity index (χ0v) is 6.81. The van der Waals surface area contributed by atoms with Crippen LogP contribution in [-0.4, -0.2) is 4.98 Å². The van der Waals surface area contributed by atoms with Gasteiger partial charge in [0.2, 0.25) is 0 Å². The number of aromatic nitrogens is 1. The molecule has 50 valence electrons. The summed E-state index contributed by atoms with van der Waals surface area (Å²) < 4.78 is 5.06. The van der Waals surface area contributed by atoms with E-state index in [0.717, 1.165) is 23.2 Å². The van der Waals surface area contributed by atoms with Crippen LogP contribution in [-0.2, 0) is 11.8 Å². The quantitative estimate of drug-likeness (QED) is 0.667. The molecule has 0 amide bonds. The Morgan fingerprint density at radius 3 is 3.00 bits per heavy atom. The van der Waals surface area contributed by atoms with Crippen molar-refractivity contribution in [2.45, 2.75) is 18.7 Å². The van der Waals surface area contributed by atoms with Crippen molar-refractivity contribution in [1.82, 2.24) is 4.98 Å². The summed E-state index contributed by atoms with van der Waals surface area (Å²) in [6.07, 6.45) is 2.40. The molecule has 2 nitrogen and oxygen atoms in total. The van der Waals surface area contributed by atoms with E-state index in [1.54, 1.807) is 0 Å². The van der Waals surface area contributed by atoms with E-state index >= 15 is 0 Å². The Bertz CT molecular complexity index is 166. The fraction of sp³-hybridized carbons (Fsp3) is 0.500. The Labute approximate surface area is 62.4 Å². The second-order valence-electron chi connectivity index (χ2n) is 1.71. The molecule has 1 aromatic heterocycles. The summed E-state index contributed by atoms with van der Waals surface area (Å²) in [4.78, 5) is 3.99. The third-order valence-electron chi connectivity index (χ3n) is 1.17. The van der Waals surface area contributed by atoms with E-state index in [1.807, 2.05) is 6.92 Å². The highest BCUT2D eigenvalue weighted by Crippen LogP contribution is 2.10. The van der Waals surface area contributed by atoms with Crippen molar-refractivity contribution in [1.29, 1.82) is 0 Å². The molecule has 1 rings (SSSR count). The highest BCUT2D eigenvalue weighted by atomic mass is 79.9. The van der Waals surface area contributed by atoms with E-state index < -0.39 is 0 Å². The summed E-state index contributed by atoms with van der Waals surface area (Å²) >= 11 is 3.31. The van der Waals surface area contributed by atoms with Gasteiger partial charge in [-0.3, -0.25) is 0 Å². The zero-order valence-electron chi connectivity index (χ0n) is 5.22. The van der Waals surface area contributed by atoms with Crippen LogP contribution in [0.15, 0.2) is 10.8 Å². The second kappa shape index (κ2) is 3.01. The van der Waals surface area contributed by atoms with Crippen LogP contribution in [0.5, 0.6) is 0 Å². The van der Waals surface area contributed by atoms with Gasteiger partial charge in [0.15, 0.2) is 6.39 Å². The van der Waals surface area contributed by atoms with E-state index in [1.165, 1.54) is 6.39 Å². The smallest absolute Gasteiger partial charge is 0.181 e. The van der Waals surface area contributed by atoms with Gasteiger partial charge in [-0.1, -0.05) is 22.9 Å². The lowest BCUT2D eigenvalue weighted by Gasteiger charge is -1.88. The minimum atomic E-state index is 0.784. The third kappa shape index (κ3) is 1.33. The number of halogens is 1. The molecule has 0 N–H and O–H groups in total. The first-order valence-corrected chi connectivity index (χ1v) is 3.97. The van der Waals surface area contributed by atoms with Gasteiger partial charge >= 0.3 is 0 Å². The van der Waals surface area contributed by atoms with Gasteiger partial charge in [0.05, 0.1) is 5.69 Å². The topological polar surface area (TPSA) is 26.0 Å². The van der Waals surface area contributed by atoms with Crippen LogP contribution in [0.3, 0.4) is 0 Å². The fourth-order valence-corrected chi connectivity index (χ4v) is 1.15. The summed E-state index contributed by atoms with van der Waals surface area (Å²) in [6.45, 7) is 2.05. The van der Waals surface area contributed by atoms with Crippen LogP contribution in [0.1, 0.15) is 18.4 Å². The normalized spacial score (nSPS) is 10.0. The van der Waals surface area contributed by atoms with Gasteiger partial charge in [0.1, 0.15) is 5.76 Å². The molecule has 0 aromatic carbocycles. The van der Waals surface area contributed by atoms with Crippen molar-refractivity contribution in [3.05, 3.63) is 17.8 Å². The lowest BCUT2D eigenvalue weighted by Crippen LogP contribution is -1.83. The summed E-state index contributed by atoms with van der Waals surface area (Å²) in [6, 6.07) is 0. The molecule has 0 fully saturated rings. The van der Waals surface area contributed by atoms with Crippen molar-refractivity contribution >= 4 is 15.9 Å². The number of nitrogens with zero attached hydrogens (tertiary/aromatic N) is 1. The molecule has 0 saturated carbocycles. The molecule has 0 aliphatic rings. The number of aryl methyl sites for hydroxylation is 1. The Morgan fingerprint density at radius 2 is 2.56 bits per heavy atom. The fourth-order valence-electron chi connectivity index (χ4n) is 0.690. The van der Waals surface area contributed by atoms with E-state index in [2.05, 4.69) is 20.9 Å². The van der Waals surface area contributed by atoms with Gasteiger partial charge in [-0.2, -0.15) is 0 Å². The standard InChI is InChI=1S/C6H8BrNO/c1-2-6-5(3-7)8-4-9-6/h4H,2-3H2,1H3. The minimum Gasteiger partial charge on any atom is -0.448 e. The maximum absolute atomic E-state index is 5.06. The maximum Gasteiger partial charge on any atom is 0.181 e. The van der Waals surface area contributed by atoms with Crippen LogP contribution in [0.25, 0.3) is 0 Å². The van der Waals surface area contributed by atoms with E-state index in [9.17, 15) is 0 Å². The summed E-state index contributed by atoms with van der Waals surface area (Å²) in [5, 5.41) is 0.784. The molecular weight excluding hydrogens is 182 g/mol. The number of hydrogen-bond donors (Lipinski definition) is 0. The van der Waals surface area contributed by atoms with Gasteiger partial charge < -0.3 is 4.42 Å². The van der Waals surface area contributed by atoms with Crippen LogP contribution < -0.4 is 0 Å². The largest absolute Gasteiger partial charge is 0.448 e. The number of alkyl halides is 1. The van der Waals surface area contributed by atoms with E-state index in [4.69, 9.17) is 4.42 Å². The van der Waals surface area contributed by atoms with Crippen LogP contribution in [0.2, 0.25) is 0 Å². The molecular formula is C6H8BrNO. The molecule has 9 heavy (non-hydrogen) atoms. The predicted molar refractivity (Wildman–Crippen MR) is 38.5 cm³/mol. The molecule has 0 atom stereocenters. The molecule has 0 spiro atoms. The Balaban J connectivity index is 2.85. The van der Waals surface area contributed by atoms with Gasteiger partial charge in [0.25, 0.3) is 0 Å². The summed E-state index contributed by atoms with van der Waals surface area (Å²) in [5.41, 5.74) is 1.01. The molecule has 1 heterocycles. The van der Waals surface area contributed by atoms with Gasteiger partial charge in [0, 0.05) is 11.8 Å². The Kier molecular flexibility index (Phi) is 2.28. The first kappa shape index (κ1) is 6.81. The predicted octanol–water partition coefficient (Wildman–Crippen LogP) is 2.13. The molecule has 3 heteroatoms. The van der Waals surface area contributed by atoms with Crippen molar-refractivity contribution in [3.63, 3.8) is 0 Å². The van der Waals surface area contributed by atoms with Crippen molar-refractivity contribution in [2.24, 2.45) is 0 Å². The zero-order chi connectivity index (χ0) is 6.69. The molecule has 1 aromatic rings. The molecule has 0 unspecified atom stereocenters. The first-order chi connectivity index (χ1) is 4.38. The molecule has 0 bridgehead atoms. The van der Waals surface area contributed by atoms with Crippen molar-refractivity contribution in [2.75, 3.05) is 0 Å². The third-order valence-corrected chi connectivity index (χ3v) is 1.70. The molecule has 0 aliphatic carbocycles. The average molecular weight is 190 g/mol. The van der Waals surface area contributed by atoms with Crippen molar-refractivity contribution in [3.8, 4) is 0 Å². The first-order valence-electron chi connectivity index (χ1n) is 2.85. The Morgan fingerprint density at radius 1 is 1.78 bits per heavy atom. The summed E-state index contributed by atoms with van der Waals surface area (Å²) in [7, 11) is 0. The Hall–Kier alpha value is -0.310. The summed E-state index contributed by atoms with van der Waals surface area (Å²) in [5.74, 6) is 0.979. The lowest BCUT2D eigenvalue weighted by molar-refractivity contribution is 0.508. The van der Waals surface area contributed by atoms with Crippen molar-refractivity contribution < 1.29 is 4.42 Å². The van der Waals surface area contributed by atoms with Crippen LogP contribution >= 0.6 is 15.9 Å². The monoisotopic (exact) mass is 189 g/mol. The number of hydrogen-bond acceptors (Lipinski definition) is 2. The highest BCUT2D eigenvalue weighted by Gasteiger charge is 2.01. The highest BCUT2D eigenvalue weighted by molar-refractivity contribution is 9.08. The maximum atomic E-state index is 5.06. The molecule has 0 radical (unpaired) electrons. The van der Waals surface area contributed by atoms with Gasteiger partial charge in [-0.25, -0.2) is 4.98 Å². The molecule has 0 saturated heterocycles. The SMILES string of the molecule is CCc1ocnc1CBr. The van der Waals surface area contributed by atoms with E-state index in [-0.39, 0.29) is 0 Å². The van der Waals surface area contributed by atoms with E-state index in [0.29, 0.717) is 0 Å². The van der Waals surface area contributed by atoms with Gasteiger partial charge in [-0.05, 0) is 0 Å². The average Bonchev–Trinajstić information content (AvgIpc) is 2.33.